The van der Waals surface area contributed by atoms with Crippen molar-refractivity contribution in [1.82, 2.24) is 29.3 Å². The van der Waals surface area contributed by atoms with Crippen LogP contribution in [0.1, 0.15) is 66.0 Å². The van der Waals surface area contributed by atoms with Gasteiger partial charge in [0.2, 0.25) is 0 Å². The average Bonchev–Trinajstić information content (AvgIpc) is 3.31. The number of piperidine rings is 1. The lowest BCUT2D eigenvalue weighted by molar-refractivity contribution is 0.0197. The number of nitrogens with zero attached hydrogens (tertiary/aromatic N) is 6. The van der Waals surface area contributed by atoms with Crippen LogP contribution in [0.2, 0.25) is 0 Å². The van der Waals surface area contributed by atoms with Gasteiger partial charge in [-0.1, -0.05) is 0 Å². The van der Waals surface area contributed by atoms with E-state index in [1.807, 2.05) is 50.9 Å². The minimum atomic E-state index is -0.513. The SMILES string of the molecule is Cn1cc(-c2cnn3c(NC(C)(C)C)cc(C4CCCN(C(=O)OC(C)(C)C)C4)nc23)cn1. The number of fused-ring (bicyclic) bond motifs is 1. The van der Waals surface area contributed by atoms with Crippen LogP contribution in [-0.4, -0.2) is 59.6 Å². The van der Waals surface area contributed by atoms with E-state index >= 15 is 0 Å². The van der Waals surface area contributed by atoms with E-state index in [-0.39, 0.29) is 17.6 Å². The van der Waals surface area contributed by atoms with E-state index in [4.69, 9.17) is 9.72 Å². The number of aromatic nitrogens is 5. The fourth-order valence-corrected chi connectivity index (χ4v) is 4.14. The smallest absolute Gasteiger partial charge is 0.410 e. The molecule has 1 atom stereocenters. The molecule has 0 saturated carbocycles. The number of nitrogens with one attached hydrogen (secondary N) is 1. The Morgan fingerprint density at radius 1 is 1.15 bits per heavy atom. The molecule has 1 N–H and O–H groups in total. The molecule has 9 nitrogen and oxygen atoms in total. The van der Waals surface area contributed by atoms with Gasteiger partial charge in [0.1, 0.15) is 11.4 Å². The van der Waals surface area contributed by atoms with Gasteiger partial charge in [-0.2, -0.15) is 14.7 Å². The first-order chi connectivity index (χ1) is 15.4. The van der Waals surface area contributed by atoms with Gasteiger partial charge in [-0.25, -0.2) is 9.78 Å². The molecule has 0 aromatic carbocycles. The number of rotatable bonds is 3. The fraction of sp³-hybridized carbons (Fsp3) is 0.583. The summed E-state index contributed by atoms with van der Waals surface area (Å²) in [5.74, 6) is 1.00. The van der Waals surface area contributed by atoms with E-state index in [2.05, 4.69) is 42.4 Å². The summed E-state index contributed by atoms with van der Waals surface area (Å²) in [6.07, 6.45) is 7.24. The number of anilines is 1. The number of carbonyl (C=O) groups is 1. The van der Waals surface area contributed by atoms with Crippen LogP contribution in [0.3, 0.4) is 0 Å². The van der Waals surface area contributed by atoms with Crippen molar-refractivity contribution in [3.05, 3.63) is 30.4 Å². The Balaban J connectivity index is 1.72. The quantitative estimate of drug-likeness (QED) is 0.630. The van der Waals surface area contributed by atoms with Gasteiger partial charge in [-0.05, 0) is 54.4 Å². The summed E-state index contributed by atoms with van der Waals surface area (Å²) in [4.78, 5) is 19.6. The Morgan fingerprint density at radius 3 is 2.55 bits per heavy atom. The molecular formula is C24H35N7O2. The van der Waals surface area contributed by atoms with Gasteiger partial charge in [0.05, 0.1) is 18.1 Å². The Labute approximate surface area is 195 Å². The molecule has 4 rings (SSSR count). The van der Waals surface area contributed by atoms with E-state index in [0.29, 0.717) is 13.1 Å². The summed E-state index contributed by atoms with van der Waals surface area (Å²) in [7, 11) is 1.90. The van der Waals surface area contributed by atoms with Crippen molar-refractivity contribution in [2.24, 2.45) is 7.05 Å². The van der Waals surface area contributed by atoms with Crippen LogP contribution in [-0.2, 0) is 11.8 Å². The summed E-state index contributed by atoms with van der Waals surface area (Å²) >= 11 is 0. The summed E-state index contributed by atoms with van der Waals surface area (Å²) in [5.41, 5.74) is 2.97. The Morgan fingerprint density at radius 2 is 1.91 bits per heavy atom. The Kier molecular flexibility index (Phi) is 5.84. The minimum Gasteiger partial charge on any atom is -0.444 e. The molecular weight excluding hydrogens is 418 g/mol. The molecule has 33 heavy (non-hydrogen) atoms. The molecule has 3 aromatic heterocycles. The van der Waals surface area contributed by atoms with E-state index in [9.17, 15) is 4.79 Å². The van der Waals surface area contributed by atoms with Gasteiger partial charge in [-0.3, -0.25) is 4.68 Å². The van der Waals surface area contributed by atoms with E-state index in [1.165, 1.54) is 0 Å². The second-order valence-corrected chi connectivity index (χ2v) is 10.9. The lowest BCUT2D eigenvalue weighted by Gasteiger charge is -2.34. The third-order valence-electron chi connectivity index (χ3n) is 5.50. The molecule has 1 aliphatic heterocycles. The minimum absolute atomic E-state index is 0.119. The van der Waals surface area contributed by atoms with Crippen molar-refractivity contribution >= 4 is 17.6 Å². The summed E-state index contributed by atoms with van der Waals surface area (Å²) in [5, 5.41) is 12.5. The van der Waals surface area contributed by atoms with Gasteiger partial charge in [0.25, 0.3) is 0 Å². The number of ether oxygens (including phenoxy) is 1. The zero-order valence-corrected chi connectivity index (χ0v) is 20.7. The van der Waals surface area contributed by atoms with E-state index in [0.717, 1.165) is 41.1 Å². The monoisotopic (exact) mass is 453 g/mol. The predicted molar refractivity (Wildman–Crippen MR) is 128 cm³/mol. The highest BCUT2D eigenvalue weighted by atomic mass is 16.6. The number of carbonyl (C=O) groups excluding carboxylic acids is 1. The number of likely N-dealkylation sites (tertiary alicyclic amines) is 1. The summed E-state index contributed by atoms with van der Waals surface area (Å²) in [6, 6.07) is 2.07. The van der Waals surface area contributed by atoms with Crippen LogP contribution in [0, 0.1) is 0 Å². The van der Waals surface area contributed by atoms with E-state index < -0.39 is 5.60 Å². The molecule has 1 aliphatic rings. The number of aryl methyl sites for hydroxylation is 1. The molecule has 0 spiro atoms. The maximum atomic E-state index is 12.7. The first-order valence-corrected chi connectivity index (χ1v) is 11.5. The van der Waals surface area contributed by atoms with Gasteiger partial charge in [0.15, 0.2) is 5.65 Å². The van der Waals surface area contributed by atoms with Crippen molar-refractivity contribution in [2.45, 2.75) is 71.4 Å². The highest BCUT2D eigenvalue weighted by Crippen LogP contribution is 2.32. The van der Waals surface area contributed by atoms with Crippen molar-refractivity contribution < 1.29 is 9.53 Å². The van der Waals surface area contributed by atoms with Gasteiger partial charge in [-0.15, -0.1) is 0 Å². The maximum absolute atomic E-state index is 12.7. The first kappa shape index (κ1) is 23.1. The third-order valence-corrected chi connectivity index (χ3v) is 5.50. The summed E-state index contributed by atoms with van der Waals surface area (Å²) in [6.45, 7) is 13.3. The van der Waals surface area contributed by atoms with Crippen molar-refractivity contribution in [3.8, 4) is 11.1 Å². The van der Waals surface area contributed by atoms with Crippen LogP contribution >= 0.6 is 0 Å². The molecule has 9 heteroatoms. The number of amides is 1. The maximum Gasteiger partial charge on any atom is 0.410 e. The zero-order valence-electron chi connectivity index (χ0n) is 20.7. The van der Waals surface area contributed by atoms with Crippen molar-refractivity contribution in [1.29, 1.82) is 0 Å². The van der Waals surface area contributed by atoms with Crippen LogP contribution < -0.4 is 5.32 Å². The average molecular weight is 454 g/mol. The molecule has 178 valence electrons. The third kappa shape index (κ3) is 5.29. The van der Waals surface area contributed by atoms with Crippen LogP contribution in [0.5, 0.6) is 0 Å². The summed E-state index contributed by atoms with van der Waals surface area (Å²) < 4.78 is 9.25. The largest absolute Gasteiger partial charge is 0.444 e. The molecule has 1 unspecified atom stereocenters. The molecule has 4 heterocycles. The molecule has 1 fully saturated rings. The lowest BCUT2D eigenvalue weighted by atomic mass is 9.94. The Bertz CT molecular complexity index is 1150. The zero-order chi connectivity index (χ0) is 24.0. The van der Waals surface area contributed by atoms with Gasteiger partial charge >= 0.3 is 6.09 Å². The molecule has 0 aliphatic carbocycles. The van der Waals surface area contributed by atoms with Crippen LogP contribution in [0.25, 0.3) is 16.8 Å². The van der Waals surface area contributed by atoms with Gasteiger partial charge < -0.3 is 15.0 Å². The molecule has 1 saturated heterocycles. The molecule has 1 amide bonds. The van der Waals surface area contributed by atoms with E-state index in [1.54, 1.807) is 9.58 Å². The van der Waals surface area contributed by atoms with Crippen LogP contribution in [0.4, 0.5) is 10.6 Å². The molecule has 0 bridgehead atoms. The van der Waals surface area contributed by atoms with Crippen molar-refractivity contribution in [3.63, 3.8) is 0 Å². The lowest BCUT2D eigenvalue weighted by Crippen LogP contribution is -2.42. The predicted octanol–water partition coefficient (Wildman–Crippen LogP) is 4.45. The highest BCUT2D eigenvalue weighted by molar-refractivity contribution is 5.77. The molecule has 3 aromatic rings. The van der Waals surface area contributed by atoms with Crippen LogP contribution in [0.15, 0.2) is 24.7 Å². The number of hydrogen-bond acceptors (Lipinski definition) is 6. The topological polar surface area (TPSA) is 89.6 Å². The van der Waals surface area contributed by atoms with Gasteiger partial charge in [0, 0.05) is 55.0 Å². The first-order valence-electron chi connectivity index (χ1n) is 11.5. The molecule has 0 radical (unpaired) electrons. The van der Waals surface area contributed by atoms with Crippen molar-refractivity contribution in [2.75, 3.05) is 18.4 Å². The Hall–Kier alpha value is -3.10. The fourth-order valence-electron chi connectivity index (χ4n) is 4.14. The number of hydrogen-bond donors (Lipinski definition) is 1. The normalized spacial score (nSPS) is 17.4. The second-order valence-electron chi connectivity index (χ2n) is 10.9. The standard InChI is InChI=1S/C24H35N7O2/c1-23(2,3)28-20-11-19(16-9-8-10-30(15-16)22(32)33-24(4,5)6)27-21-18(13-26-31(20)21)17-12-25-29(7)14-17/h11-14,16,28H,8-10,15H2,1-7H3. The second kappa shape index (κ2) is 8.35. The highest BCUT2D eigenvalue weighted by Gasteiger charge is 2.30.